The number of halogens is 1. The number of rotatable bonds is 4. The van der Waals surface area contributed by atoms with Crippen molar-refractivity contribution in [1.29, 1.82) is 5.26 Å². The molecule has 0 atom stereocenters. The standard InChI is InChI=1S/C14H11FN2O3S/c15-14-6-5-13(7-11(14)8-16)21(19,20)17-12-3-1-10(9-18)2-4-12/h1-7,17-18H,9H2. The first-order valence-corrected chi connectivity index (χ1v) is 7.37. The van der Waals surface area contributed by atoms with Crippen LogP contribution in [0.1, 0.15) is 11.1 Å². The van der Waals surface area contributed by atoms with E-state index in [2.05, 4.69) is 4.72 Å². The van der Waals surface area contributed by atoms with Gasteiger partial charge in [-0.1, -0.05) is 12.1 Å². The number of anilines is 1. The highest BCUT2D eigenvalue weighted by Crippen LogP contribution is 2.19. The van der Waals surface area contributed by atoms with E-state index >= 15 is 0 Å². The zero-order valence-electron chi connectivity index (χ0n) is 10.7. The van der Waals surface area contributed by atoms with Crippen molar-refractivity contribution in [2.75, 3.05) is 4.72 Å². The van der Waals surface area contributed by atoms with Gasteiger partial charge < -0.3 is 5.11 Å². The molecule has 0 aliphatic rings. The van der Waals surface area contributed by atoms with Gasteiger partial charge in [-0.25, -0.2) is 12.8 Å². The zero-order valence-corrected chi connectivity index (χ0v) is 11.6. The van der Waals surface area contributed by atoms with Crippen molar-refractivity contribution in [3.8, 4) is 6.07 Å². The van der Waals surface area contributed by atoms with Gasteiger partial charge >= 0.3 is 0 Å². The highest BCUT2D eigenvalue weighted by molar-refractivity contribution is 7.92. The Kier molecular flexibility index (Phi) is 4.21. The highest BCUT2D eigenvalue weighted by Gasteiger charge is 2.16. The average molecular weight is 306 g/mol. The van der Waals surface area contributed by atoms with Crippen LogP contribution in [0.15, 0.2) is 47.4 Å². The first-order chi connectivity index (χ1) is 9.96. The molecule has 0 fully saturated rings. The Bertz CT molecular complexity index is 796. The third-order valence-electron chi connectivity index (χ3n) is 2.76. The Morgan fingerprint density at radius 3 is 2.43 bits per heavy atom. The number of aliphatic hydroxyl groups is 1. The van der Waals surface area contributed by atoms with Gasteiger partial charge in [0.2, 0.25) is 0 Å². The number of nitrogens with one attached hydrogen (secondary N) is 1. The van der Waals surface area contributed by atoms with Gasteiger partial charge in [0.15, 0.2) is 0 Å². The van der Waals surface area contributed by atoms with Crippen molar-refractivity contribution >= 4 is 15.7 Å². The maximum Gasteiger partial charge on any atom is 0.261 e. The lowest BCUT2D eigenvalue weighted by Crippen LogP contribution is -2.13. The maximum atomic E-state index is 13.2. The van der Waals surface area contributed by atoms with Crippen LogP contribution < -0.4 is 4.72 Å². The molecule has 0 saturated carbocycles. The van der Waals surface area contributed by atoms with Gasteiger partial charge in [-0.05, 0) is 35.9 Å². The fraction of sp³-hybridized carbons (Fsp3) is 0.0714. The van der Waals surface area contributed by atoms with Crippen LogP contribution in [0.2, 0.25) is 0 Å². The fourth-order valence-corrected chi connectivity index (χ4v) is 2.73. The summed E-state index contributed by atoms with van der Waals surface area (Å²) in [6.45, 7) is -0.142. The van der Waals surface area contributed by atoms with Crippen LogP contribution >= 0.6 is 0 Å². The third kappa shape index (κ3) is 3.37. The average Bonchev–Trinajstić information content (AvgIpc) is 2.48. The molecule has 0 radical (unpaired) electrons. The van der Waals surface area contributed by atoms with Crippen LogP contribution in [0.25, 0.3) is 0 Å². The number of benzene rings is 2. The third-order valence-corrected chi connectivity index (χ3v) is 4.14. The Balaban J connectivity index is 2.31. The van der Waals surface area contributed by atoms with Crippen molar-refractivity contribution < 1.29 is 17.9 Å². The lowest BCUT2D eigenvalue weighted by atomic mass is 10.2. The summed E-state index contributed by atoms with van der Waals surface area (Å²) in [7, 11) is -3.91. The first-order valence-electron chi connectivity index (χ1n) is 5.88. The predicted molar refractivity (Wildman–Crippen MR) is 74.3 cm³/mol. The summed E-state index contributed by atoms with van der Waals surface area (Å²) in [5.41, 5.74) is 0.607. The minimum Gasteiger partial charge on any atom is -0.392 e. The molecule has 0 unspecified atom stereocenters. The smallest absolute Gasteiger partial charge is 0.261 e. The molecule has 0 saturated heterocycles. The summed E-state index contributed by atoms with van der Waals surface area (Å²) in [6, 6.07) is 10.7. The molecule has 5 nitrogen and oxygen atoms in total. The van der Waals surface area contributed by atoms with Crippen LogP contribution in [0.5, 0.6) is 0 Å². The molecular formula is C14H11FN2O3S. The Morgan fingerprint density at radius 1 is 1.19 bits per heavy atom. The Morgan fingerprint density at radius 2 is 1.86 bits per heavy atom. The zero-order chi connectivity index (χ0) is 15.5. The second kappa shape index (κ2) is 5.91. The van der Waals surface area contributed by atoms with Crippen molar-refractivity contribution in [3.05, 3.63) is 59.4 Å². The quantitative estimate of drug-likeness (QED) is 0.904. The molecule has 7 heteroatoms. The Labute approximate surface area is 121 Å². The summed E-state index contributed by atoms with van der Waals surface area (Å²) >= 11 is 0. The van der Waals surface area contributed by atoms with Crippen LogP contribution in [-0.4, -0.2) is 13.5 Å². The van der Waals surface area contributed by atoms with E-state index in [1.807, 2.05) is 0 Å². The molecule has 2 N–H and O–H groups in total. The van der Waals surface area contributed by atoms with E-state index in [1.165, 1.54) is 12.1 Å². The number of aliphatic hydroxyl groups excluding tert-OH is 1. The summed E-state index contributed by atoms with van der Waals surface area (Å²) in [6.07, 6.45) is 0. The lowest BCUT2D eigenvalue weighted by Gasteiger charge is -2.09. The van der Waals surface area contributed by atoms with Gasteiger partial charge in [0.1, 0.15) is 11.9 Å². The van der Waals surface area contributed by atoms with E-state index in [0.717, 1.165) is 18.2 Å². The number of hydrogen-bond donors (Lipinski definition) is 2. The molecule has 0 heterocycles. The van der Waals surface area contributed by atoms with E-state index in [4.69, 9.17) is 10.4 Å². The minimum absolute atomic E-state index is 0.142. The monoisotopic (exact) mass is 306 g/mol. The topological polar surface area (TPSA) is 90.2 Å². The number of sulfonamides is 1. The van der Waals surface area contributed by atoms with Crippen molar-refractivity contribution in [2.24, 2.45) is 0 Å². The summed E-state index contributed by atoms with van der Waals surface area (Å²) in [5.74, 6) is -0.774. The van der Waals surface area contributed by atoms with Gasteiger partial charge in [-0.15, -0.1) is 0 Å². The van der Waals surface area contributed by atoms with E-state index in [1.54, 1.807) is 18.2 Å². The summed E-state index contributed by atoms with van der Waals surface area (Å²) in [5, 5.41) is 17.6. The molecular weight excluding hydrogens is 295 g/mol. The molecule has 0 aromatic heterocycles. The van der Waals surface area contributed by atoms with E-state index in [0.29, 0.717) is 11.3 Å². The normalized spacial score (nSPS) is 10.9. The molecule has 2 aromatic carbocycles. The van der Waals surface area contributed by atoms with Gasteiger partial charge in [0, 0.05) is 5.69 Å². The lowest BCUT2D eigenvalue weighted by molar-refractivity contribution is 0.282. The second-order valence-electron chi connectivity index (χ2n) is 4.21. The van der Waals surface area contributed by atoms with Crippen molar-refractivity contribution in [1.82, 2.24) is 0 Å². The van der Waals surface area contributed by atoms with Crippen LogP contribution in [-0.2, 0) is 16.6 Å². The van der Waals surface area contributed by atoms with Crippen molar-refractivity contribution in [3.63, 3.8) is 0 Å². The molecule has 2 rings (SSSR count). The van der Waals surface area contributed by atoms with Gasteiger partial charge in [0.25, 0.3) is 10.0 Å². The second-order valence-corrected chi connectivity index (χ2v) is 5.90. The van der Waals surface area contributed by atoms with E-state index < -0.39 is 15.8 Å². The fourth-order valence-electron chi connectivity index (χ4n) is 1.65. The molecule has 0 aliphatic carbocycles. The molecule has 108 valence electrons. The highest BCUT2D eigenvalue weighted by atomic mass is 32.2. The molecule has 2 aromatic rings. The van der Waals surface area contributed by atoms with E-state index in [-0.39, 0.29) is 17.1 Å². The minimum atomic E-state index is -3.91. The predicted octanol–water partition coefficient (Wildman–Crippen LogP) is 1.99. The Hall–Kier alpha value is -2.43. The number of hydrogen-bond acceptors (Lipinski definition) is 4. The van der Waals surface area contributed by atoms with Gasteiger partial charge in [0.05, 0.1) is 17.1 Å². The summed E-state index contributed by atoms with van der Waals surface area (Å²) in [4.78, 5) is -0.202. The molecule has 0 aliphatic heterocycles. The van der Waals surface area contributed by atoms with Crippen LogP contribution in [0, 0.1) is 17.1 Å². The number of nitrogens with zero attached hydrogens (tertiary/aromatic N) is 1. The van der Waals surface area contributed by atoms with Crippen LogP contribution in [0.3, 0.4) is 0 Å². The molecule has 0 bridgehead atoms. The van der Waals surface area contributed by atoms with Crippen LogP contribution in [0.4, 0.5) is 10.1 Å². The number of nitriles is 1. The largest absolute Gasteiger partial charge is 0.392 e. The molecule has 0 spiro atoms. The van der Waals surface area contributed by atoms with Gasteiger partial charge in [-0.2, -0.15) is 5.26 Å². The van der Waals surface area contributed by atoms with E-state index in [9.17, 15) is 12.8 Å². The maximum absolute atomic E-state index is 13.2. The summed E-state index contributed by atoms with van der Waals surface area (Å²) < 4.78 is 39.8. The van der Waals surface area contributed by atoms with Gasteiger partial charge in [-0.3, -0.25) is 4.72 Å². The van der Waals surface area contributed by atoms with Crippen molar-refractivity contribution in [2.45, 2.75) is 11.5 Å². The SMILES string of the molecule is N#Cc1cc(S(=O)(=O)Nc2ccc(CO)cc2)ccc1F. The molecule has 21 heavy (non-hydrogen) atoms. The first kappa shape index (κ1) is 15.0. The molecule has 0 amide bonds.